The van der Waals surface area contributed by atoms with E-state index >= 15 is 0 Å². The normalized spacial score (nSPS) is 20.7. The summed E-state index contributed by atoms with van der Waals surface area (Å²) in [7, 11) is 0. The second kappa shape index (κ2) is 7.80. The molecule has 2 saturated heterocycles. The molecule has 0 unspecified atom stereocenters. The van der Waals surface area contributed by atoms with E-state index in [1.54, 1.807) is 4.90 Å². The molecule has 0 aliphatic carbocycles. The average molecular weight is 352 g/mol. The summed E-state index contributed by atoms with van der Waals surface area (Å²) < 4.78 is 32.3. The van der Waals surface area contributed by atoms with Crippen molar-refractivity contribution in [2.45, 2.75) is 25.7 Å². The Morgan fingerprint density at radius 2 is 2.00 bits per heavy atom. The Labute approximate surface area is 145 Å². The van der Waals surface area contributed by atoms with Crippen molar-refractivity contribution in [3.05, 3.63) is 35.4 Å². The second-order valence-electron chi connectivity index (χ2n) is 6.62. The lowest BCUT2D eigenvalue weighted by atomic mass is 9.91. The molecule has 2 fully saturated rings. The van der Waals surface area contributed by atoms with Gasteiger partial charge in [0.25, 0.3) is 0 Å². The van der Waals surface area contributed by atoms with E-state index in [2.05, 4.69) is 0 Å². The summed E-state index contributed by atoms with van der Waals surface area (Å²) in [6, 6.07) is 3.90. The van der Waals surface area contributed by atoms with Gasteiger partial charge in [0.1, 0.15) is 24.8 Å². The Morgan fingerprint density at radius 3 is 2.68 bits per heavy atom. The van der Waals surface area contributed by atoms with E-state index < -0.39 is 17.7 Å². The first-order chi connectivity index (χ1) is 12.0. The van der Waals surface area contributed by atoms with E-state index in [4.69, 9.17) is 4.74 Å². The fourth-order valence-electron chi connectivity index (χ4n) is 3.48. The predicted molar refractivity (Wildman–Crippen MR) is 86.9 cm³/mol. The Hall–Kier alpha value is -2.18. The number of hydrogen-bond acceptors (Lipinski definition) is 3. The smallest absolute Gasteiger partial charge is 0.410 e. The summed E-state index contributed by atoms with van der Waals surface area (Å²) in [6.45, 7) is 2.02. The van der Waals surface area contributed by atoms with Crippen molar-refractivity contribution in [2.24, 2.45) is 5.92 Å². The van der Waals surface area contributed by atoms with Gasteiger partial charge < -0.3 is 9.64 Å². The standard InChI is InChI=1S/C18H22F2N2O3/c19-15-4-1-5-16(20)14(15)7-6-13-3-2-8-21(11-13)17(23)12-22-9-10-25-18(22)24/h1,4-5,13H,2-3,6-12H2/t13-/m0/s1. The van der Waals surface area contributed by atoms with Crippen molar-refractivity contribution in [1.82, 2.24) is 9.80 Å². The van der Waals surface area contributed by atoms with Gasteiger partial charge in [-0.15, -0.1) is 0 Å². The first kappa shape index (κ1) is 17.6. The number of rotatable bonds is 5. The lowest BCUT2D eigenvalue weighted by Gasteiger charge is -2.33. The number of cyclic esters (lactones) is 1. The van der Waals surface area contributed by atoms with Gasteiger partial charge in [-0.3, -0.25) is 9.69 Å². The highest BCUT2D eigenvalue weighted by Crippen LogP contribution is 2.24. The van der Waals surface area contributed by atoms with E-state index in [0.717, 1.165) is 12.8 Å². The zero-order chi connectivity index (χ0) is 17.8. The van der Waals surface area contributed by atoms with Gasteiger partial charge in [-0.05, 0) is 43.7 Å². The van der Waals surface area contributed by atoms with Crippen molar-refractivity contribution in [3.63, 3.8) is 0 Å². The maximum absolute atomic E-state index is 13.7. The molecule has 0 radical (unpaired) electrons. The Kier molecular flexibility index (Phi) is 5.50. The third-order valence-corrected chi connectivity index (χ3v) is 4.91. The number of carbonyl (C=O) groups excluding carboxylic acids is 2. The average Bonchev–Trinajstić information content (AvgIpc) is 2.99. The van der Waals surface area contributed by atoms with Gasteiger partial charge in [0.05, 0.1) is 6.54 Å². The quantitative estimate of drug-likeness (QED) is 0.818. The van der Waals surface area contributed by atoms with Crippen molar-refractivity contribution in [2.75, 3.05) is 32.8 Å². The van der Waals surface area contributed by atoms with Crippen LogP contribution in [0.3, 0.4) is 0 Å². The van der Waals surface area contributed by atoms with Gasteiger partial charge in [0.2, 0.25) is 5.91 Å². The minimum atomic E-state index is -0.517. The summed E-state index contributed by atoms with van der Waals surface area (Å²) in [5, 5.41) is 0. The van der Waals surface area contributed by atoms with Crippen LogP contribution < -0.4 is 0 Å². The van der Waals surface area contributed by atoms with Crippen LogP contribution in [0.15, 0.2) is 18.2 Å². The lowest BCUT2D eigenvalue weighted by molar-refractivity contribution is -0.133. The lowest BCUT2D eigenvalue weighted by Crippen LogP contribution is -2.45. The van der Waals surface area contributed by atoms with Crippen LogP contribution in [0.25, 0.3) is 0 Å². The first-order valence-corrected chi connectivity index (χ1v) is 8.67. The number of likely N-dealkylation sites (tertiary alicyclic amines) is 1. The van der Waals surface area contributed by atoms with Gasteiger partial charge in [0, 0.05) is 18.7 Å². The largest absolute Gasteiger partial charge is 0.448 e. The third kappa shape index (κ3) is 4.27. The Bertz CT molecular complexity index is 633. The molecule has 0 bridgehead atoms. The molecule has 3 rings (SSSR count). The molecule has 25 heavy (non-hydrogen) atoms. The van der Waals surface area contributed by atoms with E-state index in [1.807, 2.05) is 0 Å². The van der Waals surface area contributed by atoms with Crippen molar-refractivity contribution >= 4 is 12.0 Å². The van der Waals surface area contributed by atoms with E-state index in [9.17, 15) is 18.4 Å². The SMILES string of the molecule is O=C(CN1CCOC1=O)N1CCC[C@@H](CCc2c(F)cccc2F)C1. The minimum absolute atomic E-state index is 0.0352. The van der Waals surface area contributed by atoms with Gasteiger partial charge in [-0.2, -0.15) is 0 Å². The monoisotopic (exact) mass is 352 g/mol. The zero-order valence-corrected chi connectivity index (χ0v) is 14.0. The molecule has 5 nitrogen and oxygen atoms in total. The molecule has 0 saturated carbocycles. The first-order valence-electron chi connectivity index (χ1n) is 8.67. The van der Waals surface area contributed by atoms with Crippen molar-refractivity contribution in [1.29, 1.82) is 0 Å². The molecular weight excluding hydrogens is 330 g/mol. The molecule has 0 aromatic heterocycles. The molecule has 1 atom stereocenters. The van der Waals surface area contributed by atoms with Gasteiger partial charge in [0.15, 0.2) is 0 Å². The number of piperidine rings is 1. The summed E-state index contributed by atoms with van der Waals surface area (Å²) in [6.07, 6.45) is 2.31. The highest BCUT2D eigenvalue weighted by Gasteiger charge is 2.29. The summed E-state index contributed by atoms with van der Waals surface area (Å²) >= 11 is 0. The second-order valence-corrected chi connectivity index (χ2v) is 6.62. The van der Waals surface area contributed by atoms with Crippen LogP contribution in [0.5, 0.6) is 0 Å². The van der Waals surface area contributed by atoms with E-state index in [-0.39, 0.29) is 23.9 Å². The van der Waals surface area contributed by atoms with E-state index in [1.165, 1.54) is 23.1 Å². The van der Waals surface area contributed by atoms with E-state index in [0.29, 0.717) is 39.1 Å². The number of nitrogens with zero attached hydrogens (tertiary/aromatic N) is 2. The zero-order valence-electron chi connectivity index (χ0n) is 14.0. The molecule has 7 heteroatoms. The minimum Gasteiger partial charge on any atom is -0.448 e. The summed E-state index contributed by atoms with van der Waals surface area (Å²) in [5.41, 5.74) is 0.116. The van der Waals surface area contributed by atoms with Crippen molar-refractivity contribution in [3.8, 4) is 0 Å². The van der Waals surface area contributed by atoms with Crippen LogP contribution in [0.4, 0.5) is 13.6 Å². The van der Waals surface area contributed by atoms with Crippen LogP contribution in [-0.2, 0) is 16.0 Å². The highest BCUT2D eigenvalue weighted by atomic mass is 19.1. The molecule has 136 valence electrons. The molecule has 1 aromatic carbocycles. The topological polar surface area (TPSA) is 49.9 Å². The maximum atomic E-state index is 13.7. The number of carbonyl (C=O) groups is 2. The molecule has 1 aromatic rings. The predicted octanol–water partition coefficient (Wildman–Crippen LogP) is 2.59. The molecule has 2 amide bonds. The molecule has 2 aliphatic rings. The fourth-order valence-corrected chi connectivity index (χ4v) is 3.48. The highest BCUT2D eigenvalue weighted by molar-refractivity contribution is 5.83. The van der Waals surface area contributed by atoms with Crippen LogP contribution in [0.1, 0.15) is 24.8 Å². The Balaban J connectivity index is 1.52. The molecule has 2 aliphatic heterocycles. The van der Waals surface area contributed by atoms with Crippen LogP contribution in [0, 0.1) is 17.6 Å². The van der Waals surface area contributed by atoms with Crippen LogP contribution in [-0.4, -0.2) is 54.6 Å². The molecule has 0 N–H and O–H groups in total. The Morgan fingerprint density at radius 1 is 1.24 bits per heavy atom. The van der Waals surface area contributed by atoms with Gasteiger partial charge >= 0.3 is 6.09 Å². The number of amides is 2. The third-order valence-electron chi connectivity index (χ3n) is 4.91. The molecular formula is C18H22F2N2O3. The number of halogens is 2. The molecule has 2 heterocycles. The maximum Gasteiger partial charge on any atom is 0.410 e. The van der Waals surface area contributed by atoms with Gasteiger partial charge in [-0.25, -0.2) is 13.6 Å². The number of ether oxygens (including phenoxy) is 1. The summed E-state index contributed by atoms with van der Waals surface area (Å²) in [4.78, 5) is 27.0. The van der Waals surface area contributed by atoms with Crippen LogP contribution in [0.2, 0.25) is 0 Å². The number of hydrogen-bond donors (Lipinski definition) is 0. The molecule has 0 spiro atoms. The van der Waals surface area contributed by atoms with Gasteiger partial charge in [-0.1, -0.05) is 6.07 Å². The summed E-state index contributed by atoms with van der Waals surface area (Å²) in [5.74, 6) is -0.921. The van der Waals surface area contributed by atoms with Crippen LogP contribution >= 0.6 is 0 Å². The fraction of sp³-hybridized carbons (Fsp3) is 0.556. The van der Waals surface area contributed by atoms with Crippen molar-refractivity contribution < 1.29 is 23.1 Å². The number of benzene rings is 1.